The predicted octanol–water partition coefficient (Wildman–Crippen LogP) is 1.09. The molecule has 0 spiro atoms. The molecule has 2 aromatic rings. The number of nitrogens with zero attached hydrogens (tertiary/aromatic N) is 5. The Labute approximate surface area is 113 Å². The molecule has 0 saturated heterocycles. The summed E-state index contributed by atoms with van der Waals surface area (Å²) in [5.74, 6) is 0. The van der Waals surface area contributed by atoms with E-state index in [1.165, 1.54) is 22.8 Å². The largest absolute Gasteiger partial charge is 0.238 e. The Morgan fingerprint density at radius 1 is 1.50 bits per heavy atom. The van der Waals surface area contributed by atoms with Gasteiger partial charge >= 0.3 is 0 Å². The standard InChI is InChI=1S/C8H11N5O2S3/c1-3-4-13-11-7(10-12-13)17-8-9-5-6(16-8)18(2,14)15/h5H,3-4H2,1-2H3. The molecular formula is C8H11N5O2S3. The van der Waals surface area contributed by atoms with Crippen LogP contribution in [0.15, 0.2) is 19.9 Å². The molecule has 0 amide bonds. The molecular weight excluding hydrogens is 294 g/mol. The van der Waals surface area contributed by atoms with Gasteiger partial charge < -0.3 is 0 Å². The average molecular weight is 305 g/mol. The minimum Gasteiger partial charge on any atom is -0.236 e. The summed E-state index contributed by atoms with van der Waals surface area (Å²) < 4.78 is 23.4. The second kappa shape index (κ2) is 5.33. The lowest BCUT2D eigenvalue weighted by molar-refractivity contribution is 0.511. The van der Waals surface area contributed by atoms with Gasteiger partial charge in [-0.1, -0.05) is 18.3 Å². The predicted molar refractivity (Wildman–Crippen MR) is 67.5 cm³/mol. The quantitative estimate of drug-likeness (QED) is 0.816. The summed E-state index contributed by atoms with van der Waals surface area (Å²) in [6.45, 7) is 2.73. The van der Waals surface area contributed by atoms with Gasteiger partial charge in [-0.25, -0.2) is 13.4 Å². The van der Waals surface area contributed by atoms with Crippen LogP contribution in [0, 0.1) is 0 Å². The van der Waals surface area contributed by atoms with E-state index in [9.17, 15) is 8.42 Å². The number of rotatable bonds is 5. The molecule has 2 aromatic heterocycles. The van der Waals surface area contributed by atoms with Gasteiger partial charge in [0.2, 0.25) is 5.16 Å². The van der Waals surface area contributed by atoms with E-state index in [4.69, 9.17) is 0 Å². The van der Waals surface area contributed by atoms with Crippen LogP contribution in [0.1, 0.15) is 13.3 Å². The lowest BCUT2D eigenvalue weighted by Gasteiger charge is -1.91. The summed E-state index contributed by atoms with van der Waals surface area (Å²) in [4.78, 5) is 5.53. The molecule has 98 valence electrons. The van der Waals surface area contributed by atoms with Crippen molar-refractivity contribution < 1.29 is 8.42 Å². The van der Waals surface area contributed by atoms with Crippen molar-refractivity contribution in [3.05, 3.63) is 6.20 Å². The first kappa shape index (κ1) is 13.4. The maximum absolute atomic E-state index is 11.3. The van der Waals surface area contributed by atoms with E-state index in [0.29, 0.717) is 16.0 Å². The molecule has 0 bridgehead atoms. The molecule has 7 nitrogen and oxygen atoms in total. The Morgan fingerprint density at radius 2 is 2.28 bits per heavy atom. The highest BCUT2D eigenvalue weighted by Gasteiger charge is 2.14. The fourth-order valence-electron chi connectivity index (χ4n) is 1.11. The second-order valence-corrected chi connectivity index (χ2v) is 7.97. The molecule has 18 heavy (non-hydrogen) atoms. The topological polar surface area (TPSA) is 90.6 Å². The Hall–Kier alpha value is -1.00. The summed E-state index contributed by atoms with van der Waals surface area (Å²) in [5, 5.41) is 12.3. The van der Waals surface area contributed by atoms with Crippen molar-refractivity contribution in [1.82, 2.24) is 25.2 Å². The van der Waals surface area contributed by atoms with Gasteiger partial charge in [0.1, 0.15) is 4.21 Å². The summed E-state index contributed by atoms with van der Waals surface area (Å²) in [6, 6.07) is 0. The molecule has 10 heteroatoms. The normalized spacial score (nSPS) is 11.9. The zero-order valence-electron chi connectivity index (χ0n) is 9.77. The molecule has 0 fully saturated rings. The van der Waals surface area contributed by atoms with Crippen LogP contribution in [0.25, 0.3) is 0 Å². The maximum atomic E-state index is 11.3. The van der Waals surface area contributed by atoms with E-state index in [2.05, 4.69) is 20.4 Å². The zero-order valence-corrected chi connectivity index (χ0v) is 12.2. The minimum absolute atomic E-state index is 0.242. The Bertz CT molecular complexity index is 633. The van der Waals surface area contributed by atoms with Crippen molar-refractivity contribution in [2.45, 2.75) is 33.6 Å². The molecule has 2 heterocycles. The minimum atomic E-state index is -3.20. The third-order valence-corrected chi connectivity index (χ3v) is 5.57. The number of aromatic nitrogens is 5. The first-order chi connectivity index (χ1) is 8.49. The van der Waals surface area contributed by atoms with Crippen LogP contribution in [-0.4, -0.2) is 39.9 Å². The van der Waals surface area contributed by atoms with E-state index in [0.717, 1.165) is 24.0 Å². The molecule has 0 saturated carbocycles. The van der Waals surface area contributed by atoms with Crippen LogP contribution in [0.4, 0.5) is 0 Å². The van der Waals surface area contributed by atoms with Crippen LogP contribution < -0.4 is 0 Å². The van der Waals surface area contributed by atoms with Crippen LogP contribution in [0.5, 0.6) is 0 Å². The highest BCUT2D eigenvalue weighted by Crippen LogP contribution is 2.30. The first-order valence-corrected chi connectivity index (χ1v) is 8.63. The van der Waals surface area contributed by atoms with E-state index < -0.39 is 9.84 Å². The van der Waals surface area contributed by atoms with Crippen molar-refractivity contribution in [1.29, 1.82) is 0 Å². The monoisotopic (exact) mass is 305 g/mol. The maximum Gasteiger partial charge on any atom is 0.238 e. The van der Waals surface area contributed by atoms with Gasteiger partial charge in [-0.05, 0) is 23.4 Å². The van der Waals surface area contributed by atoms with Gasteiger partial charge in [0.05, 0.1) is 12.7 Å². The number of aryl methyl sites for hydroxylation is 1. The molecule has 0 aliphatic rings. The number of tetrazole rings is 1. The molecule has 0 aliphatic carbocycles. The summed E-state index contributed by atoms with van der Waals surface area (Å²) >= 11 is 2.31. The molecule has 0 aromatic carbocycles. The average Bonchev–Trinajstić information content (AvgIpc) is 2.88. The van der Waals surface area contributed by atoms with Gasteiger partial charge in [-0.2, -0.15) is 4.80 Å². The number of sulfone groups is 1. The van der Waals surface area contributed by atoms with Gasteiger partial charge in [0.25, 0.3) is 0 Å². The van der Waals surface area contributed by atoms with Crippen molar-refractivity contribution in [3.63, 3.8) is 0 Å². The van der Waals surface area contributed by atoms with Crippen LogP contribution in [-0.2, 0) is 16.4 Å². The summed E-state index contributed by atoms with van der Waals surface area (Å²) in [6.07, 6.45) is 3.43. The van der Waals surface area contributed by atoms with E-state index in [1.54, 1.807) is 0 Å². The van der Waals surface area contributed by atoms with Crippen LogP contribution >= 0.6 is 23.1 Å². The van der Waals surface area contributed by atoms with E-state index in [-0.39, 0.29) is 4.21 Å². The lowest BCUT2D eigenvalue weighted by atomic mass is 10.5. The van der Waals surface area contributed by atoms with Gasteiger partial charge in [-0.15, -0.1) is 10.2 Å². The SMILES string of the molecule is CCCn1nnc(Sc2ncc(S(C)(=O)=O)s2)n1. The van der Waals surface area contributed by atoms with E-state index in [1.807, 2.05) is 6.92 Å². The molecule has 0 N–H and O–H groups in total. The number of hydrogen-bond acceptors (Lipinski definition) is 8. The fourth-order valence-corrected chi connectivity index (χ4v) is 3.87. The summed E-state index contributed by atoms with van der Waals surface area (Å²) in [7, 11) is -3.20. The lowest BCUT2D eigenvalue weighted by Crippen LogP contribution is -2.00. The number of thiazole rings is 1. The van der Waals surface area contributed by atoms with Crippen molar-refractivity contribution in [3.8, 4) is 0 Å². The molecule has 0 unspecified atom stereocenters. The Morgan fingerprint density at radius 3 is 2.89 bits per heavy atom. The number of hydrogen-bond donors (Lipinski definition) is 0. The van der Waals surface area contributed by atoms with Gasteiger partial charge in [-0.3, -0.25) is 0 Å². The highest BCUT2D eigenvalue weighted by molar-refractivity contribution is 8.01. The van der Waals surface area contributed by atoms with Crippen molar-refractivity contribution in [2.75, 3.05) is 6.26 Å². The molecule has 2 rings (SSSR count). The van der Waals surface area contributed by atoms with Crippen LogP contribution in [0.3, 0.4) is 0 Å². The fraction of sp³-hybridized carbons (Fsp3) is 0.500. The third kappa shape index (κ3) is 3.27. The zero-order chi connectivity index (χ0) is 13.2. The first-order valence-electron chi connectivity index (χ1n) is 5.10. The molecule has 0 radical (unpaired) electrons. The van der Waals surface area contributed by atoms with Gasteiger partial charge in [0, 0.05) is 6.26 Å². The highest BCUT2D eigenvalue weighted by atomic mass is 32.2. The van der Waals surface area contributed by atoms with Crippen LogP contribution in [0.2, 0.25) is 0 Å². The molecule has 0 aliphatic heterocycles. The Balaban J connectivity index is 2.11. The third-order valence-electron chi connectivity index (χ3n) is 1.87. The smallest absolute Gasteiger partial charge is 0.236 e. The van der Waals surface area contributed by atoms with E-state index >= 15 is 0 Å². The van der Waals surface area contributed by atoms with Crippen molar-refractivity contribution in [2.24, 2.45) is 0 Å². The Kier molecular flexibility index (Phi) is 3.97. The molecule has 0 atom stereocenters. The van der Waals surface area contributed by atoms with Crippen molar-refractivity contribution >= 4 is 32.9 Å². The second-order valence-electron chi connectivity index (χ2n) is 3.49. The summed E-state index contributed by atoms with van der Waals surface area (Å²) in [5.41, 5.74) is 0. The van der Waals surface area contributed by atoms with Gasteiger partial charge in [0.15, 0.2) is 14.2 Å².